The van der Waals surface area contributed by atoms with Crippen molar-refractivity contribution in [3.05, 3.63) is 59.1 Å². The van der Waals surface area contributed by atoms with E-state index in [0.717, 1.165) is 62.1 Å². The summed E-state index contributed by atoms with van der Waals surface area (Å²) in [5.74, 6) is 1.82. The average Bonchev–Trinajstić information content (AvgIpc) is 2.99. The van der Waals surface area contributed by atoms with E-state index in [-0.39, 0.29) is 5.91 Å². The lowest BCUT2D eigenvalue weighted by Crippen LogP contribution is -2.35. The number of halogens is 1. The van der Waals surface area contributed by atoms with E-state index in [0.29, 0.717) is 13.0 Å². The van der Waals surface area contributed by atoms with Gasteiger partial charge in [-0.15, -0.1) is 0 Å². The maximum absolute atomic E-state index is 12.6. The zero-order valence-corrected chi connectivity index (χ0v) is 17.7. The van der Waals surface area contributed by atoms with Gasteiger partial charge in [-0.25, -0.2) is 0 Å². The number of amides is 1. The molecule has 0 aromatic heterocycles. The zero-order valence-electron chi connectivity index (χ0n) is 17.0. The van der Waals surface area contributed by atoms with Crippen molar-refractivity contribution in [2.75, 3.05) is 39.9 Å². The molecule has 0 unspecified atom stereocenters. The molecule has 1 saturated heterocycles. The molecule has 0 atom stereocenters. The van der Waals surface area contributed by atoms with Gasteiger partial charge < -0.3 is 14.4 Å². The molecule has 1 fully saturated rings. The highest BCUT2D eigenvalue weighted by Crippen LogP contribution is 2.17. The quantitative estimate of drug-likeness (QED) is 0.603. The molecule has 0 aliphatic carbocycles. The molecule has 0 saturated carbocycles. The monoisotopic (exact) mass is 416 g/mol. The molecule has 0 spiro atoms. The number of carbonyl (C=O) groups excluding carboxylic acids is 1. The molecule has 1 aliphatic heterocycles. The van der Waals surface area contributed by atoms with Gasteiger partial charge in [-0.3, -0.25) is 9.69 Å². The zero-order chi connectivity index (χ0) is 20.5. The first-order chi connectivity index (χ1) is 14.1. The molecule has 1 heterocycles. The van der Waals surface area contributed by atoms with Gasteiger partial charge in [0, 0.05) is 44.2 Å². The van der Waals surface area contributed by atoms with Crippen molar-refractivity contribution in [2.24, 2.45) is 0 Å². The Labute approximate surface area is 178 Å². The molecule has 1 amide bonds. The summed E-state index contributed by atoms with van der Waals surface area (Å²) in [6.07, 6.45) is 2.24. The average molecular weight is 417 g/mol. The molecule has 1 aliphatic rings. The summed E-state index contributed by atoms with van der Waals surface area (Å²) in [7, 11) is 1.64. The minimum Gasteiger partial charge on any atom is -0.497 e. The van der Waals surface area contributed by atoms with E-state index >= 15 is 0 Å². The lowest BCUT2D eigenvalue weighted by atomic mass is 10.2. The molecule has 2 aromatic rings. The molecular weight excluding hydrogens is 388 g/mol. The van der Waals surface area contributed by atoms with Gasteiger partial charge in [-0.05, 0) is 54.8 Å². The number of hydrogen-bond donors (Lipinski definition) is 0. The Kier molecular flexibility index (Phi) is 8.20. The molecule has 0 radical (unpaired) electrons. The SMILES string of the molecule is COc1ccc(OCCCC(=O)N2CCCN(Cc3ccc(Cl)cc3)CC2)cc1. The molecule has 0 bridgehead atoms. The first kappa shape index (κ1) is 21.5. The standard InChI is InChI=1S/C23H29ClN2O3/c1-28-21-9-11-22(12-10-21)29-17-2-4-23(27)26-14-3-13-25(15-16-26)18-19-5-7-20(24)8-6-19/h5-12H,2-4,13-18H2,1H3. The maximum Gasteiger partial charge on any atom is 0.222 e. The van der Waals surface area contributed by atoms with E-state index in [9.17, 15) is 4.79 Å². The Morgan fingerprint density at radius 1 is 0.966 bits per heavy atom. The van der Waals surface area contributed by atoms with E-state index < -0.39 is 0 Å². The minimum absolute atomic E-state index is 0.219. The number of benzene rings is 2. The largest absolute Gasteiger partial charge is 0.497 e. The molecule has 29 heavy (non-hydrogen) atoms. The summed E-state index contributed by atoms with van der Waals surface area (Å²) in [6.45, 7) is 4.95. The van der Waals surface area contributed by atoms with Crippen LogP contribution in [-0.4, -0.2) is 55.6 Å². The number of carbonyl (C=O) groups is 1. The fourth-order valence-electron chi connectivity index (χ4n) is 3.47. The molecule has 6 heteroatoms. The van der Waals surface area contributed by atoms with Crippen LogP contribution in [0.4, 0.5) is 0 Å². The fraction of sp³-hybridized carbons (Fsp3) is 0.435. The summed E-state index contributed by atoms with van der Waals surface area (Å²) >= 11 is 5.96. The van der Waals surface area contributed by atoms with Crippen molar-refractivity contribution in [3.63, 3.8) is 0 Å². The van der Waals surface area contributed by atoms with Gasteiger partial charge in [0.2, 0.25) is 5.91 Å². The number of rotatable bonds is 8. The highest BCUT2D eigenvalue weighted by atomic mass is 35.5. The number of hydrogen-bond acceptors (Lipinski definition) is 4. The van der Waals surface area contributed by atoms with Gasteiger partial charge in [0.25, 0.3) is 0 Å². The second kappa shape index (κ2) is 11.1. The van der Waals surface area contributed by atoms with E-state index in [2.05, 4.69) is 17.0 Å². The number of ether oxygens (including phenoxy) is 2. The van der Waals surface area contributed by atoms with Crippen molar-refractivity contribution in [2.45, 2.75) is 25.8 Å². The van der Waals surface area contributed by atoms with Gasteiger partial charge in [-0.2, -0.15) is 0 Å². The fourth-order valence-corrected chi connectivity index (χ4v) is 3.60. The summed E-state index contributed by atoms with van der Waals surface area (Å²) in [5.41, 5.74) is 1.25. The molecular formula is C23H29ClN2O3. The van der Waals surface area contributed by atoms with Crippen molar-refractivity contribution in [1.82, 2.24) is 9.80 Å². The van der Waals surface area contributed by atoms with Crippen LogP contribution in [0.25, 0.3) is 0 Å². The summed E-state index contributed by atoms with van der Waals surface area (Å²) in [4.78, 5) is 17.0. The van der Waals surface area contributed by atoms with E-state index in [1.807, 2.05) is 41.3 Å². The summed E-state index contributed by atoms with van der Waals surface area (Å²) in [6, 6.07) is 15.5. The van der Waals surface area contributed by atoms with Crippen LogP contribution in [0.3, 0.4) is 0 Å². The highest BCUT2D eigenvalue weighted by molar-refractivity contribution is 6.30. The van der Waals surface area contributed by atoms with Crippen molar-refractivity contribution in [1.29, 1.82) is 0 Å². The van der Waals surface area contributed by atoms with Crippen molar-refractivity contribution in [3.8, 4) is 11.5 Å². The van der Waals surface area contributed by atoms with Crippen LogP contribution in [0.2, 0.25) is 5.02 Å². The van der Waals surface area contributed by atoms with Crippen LogP contribution in [0.15, 0.2) is 48.5 Å². The third-order valence-electron chi connectivity index (χ3n) is 5.12. The van der Waals surface area contributed by atoms with E-state index in [1.54, 1.807) is 7.11 Å². The highest BCUT2D eigenvalue weighted by Gasteiger charge is 2.19. The van der Waals surface area contributed by atoms with E-state index in [4.69, 9.17) is 21.1 Å². The predicted molar refractivity (Wildman–Crippen MR) is 116 cm³/mol. The lowest BCUT2D eigenvalue weighted by molar-refractivity contribution is -0.131. The molecule has 156 valence electrons. The Bertz CT molecular complexity index is 765. The second-order valence-electron chi connectivity index (χ2n) is 7.26. The van der Waals surface area contributed by atoms with Crippen LogP contribution < -0.4 is 9.47 Å². The van der Waals surface area contributed by atoms with Crippen LogP contribution in [0.1, 0.15) is 24.8 Å². The van der Waals surface area contributed by atoms with Gasteiger partial charge in [0.1, 0.15) is 11.5 Å². The molecule has 3 rings (SSSR count). The third-order valence-corrected chi connectivity index (χ3v) is 5.38. The van der Waals surface area contributed by atoms with Crippen molar-refractivity contribution < 1.29 is 14.3 Å². The van der Waals surface area contributed by atoms with E-state index in [1.165, 1.54) is 5.56 Å². The smallest absolute Gasteiger partial charge is 0.222 e. The van der Waals surface area contributed by atoms with Gasteiger partial charge in [-0.1, -0.05) is 23.7 Å². The predicted octanol–water partition coefficient (Wildman–Crippen LogP) is 4.24. The Hall–Kier alpha value is -2.24. The van der Waals surface area contributed by atoms with Crippen LogP contribution in [0, 0.1) is 0 Å². The Morgan fingerprint density at radius 2 is 1.69 bits per heavy atom. The van der Waals surface area contributed by atoms with Crippen LogP contribution in [0.5, 0.6) is 11.5 Å². The molecule has 5 nitrogen and oxygen atoms in total. The second-order valence-corrected chi connectivity index (χ2v) is 7.70. The van der Waals surface area contributed by atoms with Crippen LogP contribution in [-0.2, 0) is 11.3 Å². The molecule has 0 N–H and O–H groups in total. The Morgan fingerprint density at radius 3 is 2.41 bits per heavy atom. The minimum atomic E-state index is 0.219. The van der Waals surface area contributed by atoms with Crippen LogP contribution >= 0.6 is 11.6 Å². The lowest BCUT2D eigenvalue weighted by Gasteiger charge is -2.22. The Balaban J connectivity index is 1.36. The van der Waals surface area contributed by atoms with Gasteiger partial charge >= 0.3 is 0 Å². The number of methoxy groups -OCH3 is 1. The first-order valence-electron chi connectivity index (χ1n) is 10.2. The molecule has 2 aromatic carbocycles. The first-order valence-corrected chi connectivity index (χ1v) is 10.5. The topological polar surface area (TPSA) is 42.0 Å². The van der Waals surface area contributed by atoms with Gasteiger partial charge in [0.05, 0.1) is 13.7 Å². The van der Waals surface area contributed by atoms with Gasteiger partial charge in [0.15, 0.2) is 0 Å². The maximum atomic E-state index is 12.6. The van der Waals surface area contributed by atoms with Crippen molar-refractivity contribution >= 4 is 17.5 Å². The normalized spacial score (nSPS) is 15.0. The number of nitrogens with zero attached hydrogens (tertiary/aromatic N) is 2. The third kappa shape index (κ3) is 6.94. The summed E-state index contributed by atoms with van der Waals surface area (Å²) in [5, 5.41) is 0.761. The summed E-state index contributed by atoms with van der Waals surface area (Å²) < 4.78 is 10.9.